The van der Waals surface area contributed by atoms with E-state index in [1.54, 1.807) is 12.1 Å². The molecule has 0 saturated carbocycles. The molecule has 1 aliphatic heterocycles. The number of para-hydroxylation sites is 1. The fourth-order valence-electron chi connectivity index (χ4n) is 2.37. The highest BCUT2D eigenvalue weighted by Gasteiger charge is 2.36. The molecule has 1 amide bonds. The van der Waals surface area contributed by atoms with Crippen LogP contribution in [0.2, 0.25) is 5.02 Å². The molecule has 13 heteroatoms. The quantitative estimate of drug-likeness (QED) is 0.667. The van der Waals surface area contributed by atoms with Gasteiger partial charge in [0.15, 0.2) is 24.4 Å². The molecular weight excluding hydrogens is 431 g/mol. The number of aliphatic imine (C=N–C) groups is 2. The lowest BCUT2D eigenvalue weighted by atomic mass is 10.1. The van der Waals surface area contributed by atoms with Gasteiger partial charge in [0.25, 0.3) is 5.91 Å². The van der Waals surface area contributed by atoms with Crippen LogP contribution in [-0.2, 0) is 11.0 Å². The summed E-state index contributed by atoms with van der Waals surface area (Å²) in [5.41, 5.74) is -1.12. The Morgan fingerprint density at radius 2 is 2.07 bits per heavy atom. The van der Waals surface area contributed by atoms with Crippen LogP contribution in [0.15, 0.2) is 40.3 Å². The van der Waals surface area contributed by atoms with Gasteiger partial charge in [-0.15, -0.1) is 0 Å². The fourth-order valence-corrected chi connectivity index (χ4v) is 2.59. The van der Waals surface area contributed by atoms with E-state index in [9.17, 15) is 28.2 Å². The number of carbonyl (C=O) groups is 1. The van der Waals surface area contributed by atoms with Crippen LogP contribution >= 0.6 is 11.6 Å². The number of hydrogen-bond donors (Lipinski definition) is 3. The Labute approximate surface area is 172 Å². The van der Waals surface area contributed by atoms with E-state index >= 15 is 0 Å². The van der Waals surface area contributed by atoms with Gasteiger partial charge >= 0.3 is 6.18 Å². The molecule has 2 atom stereocenters. The third-order valence-electron chi connectivity index (χ3n) is 3.98. The van der Waals surface area contributed by atoms with Gasteiger partial charge in [0.2, 0.25) is 11.8 Å². The summed E-state index contributed by atoms with van der Waals surface area (Å²) in [6.45, 7) is 0.747. The van der Waals surface area contributed by atoms with Gasteiger partial charge in [-0.05, 0) is 19.1 Å². The van der Waals surface area contributed by atoms with Gasteiger partial charge in [-0.2, -0.15) is 27.9 Å². The van der Waals surface area contributed by atoms with Crippen LogP contribution in [0.5, 0.6) is 5.88 Å². The summed E-state index contributed by atoms with van der Waals surface area (Å²) in [7, 11) is 0. The zero-order valence-corrected chi connectivity index (χ0v) is 16.0. The Bertz CT molecular complexity index is 1020. The van der Waals surface area contributed by atoms with Crippen LogP contribution in [0.3, 0.4) is 0 Å². The number of carbonyl (C=O) groups excluding carboxylic acids is 1. The van der Waals surface area contributed by atoms with Crippen LogP contribution in [0, 0.1) is 5.92 Å². The fraction of sp³-hybridized carbons (Fsp3) is 0.294. The van der Waals surface area contributed by atoms with E-state index < -0.39 is 42.4 Å². The first-order valence-electron chi connectivity index (χ1n) is 8.44. The third-order valence-corrected chi connectivity index (χ3v) is 4.30. The van der Waals surface area contributed by atoms with Crippen molar-refractivity contribution in [2.45, 2.75) is 19.3 Å². The first kappa shape index (κ1) is 21.6. The second kappa shape index (κ2) is 8.32. The molecule has 0 radical (unpaired) electrons. The molecule has 3 rings (SSSR count). The Balaban J connectivity index is 1.78. The minimum Gasteiger partial charge on any atom is -0.496 e. The topological polar surface area (TPSA) is 121 Å². The predicted octanol–water partition coefficient (Wildman–Crippen LogP) is 2.32. The molecule has 3 N–H and O–H groups in total. The number of aliphatic hydroxyl groups excluding tert-OH is 2. The largest absolute Gasteiger partial charge is 0.496 e. The van der Waals surface area contributed by atoms with Crippen molar-refractivity contribution in [3.8, 4) is 11.6 Å². The van der Waals surface area contributed by atoms with Crippen molar-refractivity contribution in [3.63, 3.8) is 0 Å². The summed E-state index contributed by atoms with van der Waals surface area (Å²) in [6, 6.07) is 6.65. The molecule has 160 valence electrons. The molecule has 1 aromatic heterocycles. The standard InChI is InChI=1S/C17H15ClF3N5O4/c1-8-14(28)23-16(24-15(8)29)22-12(27)7-30-13-6-11(17(19,20)21)25-26(13)10-5-3-2-4-9(10)18/h2-6,8,14,28H,7H2,1H3,(H2,22,23,24,27,29). The minimum atomic E-state index is -4.75. The average Bonchev–Trinajstić information content (AvgIpc) is 3.09. The predicted molar refractivity (Wildman–Crippen MR) is 99.9 cm³/mol. The maximum atomic E-state index is 13.1. The minimum absolute atomic E-state index is 0.119. The number of guanidine groups is 1. The second-order valence-electron chi connectivity index (χ2n) is 6.19. The zero-order valence-electron chi connectivity index (χ0n) is 15.3. The first-order chi connectivity index (χ1) is 14.1. The molecule has 9 nitrogen and oxygen atoms in total. The number of alkyl halides is 3. The Hall–Kier alpha value is -3.12. The van der Waals surface area contributed by atoms with Crippen molar-refractivity contribution in [1.29, 1.82) is 0 Å². The molecule has 0 bridgehead atoms. The first-order valence-corrected chi connectivity index (χ1v) is 8.82. The number of amides is 1. The van der Waals surface area contributed by atoms with Crippen molar-refractivity contribution in [2.24, 2.45) is 15.9 Å². The molecule has 2 heterocycles. The second-order valence-corrected chi connectivity index (χ2v) is 6.60. The number of ether oxygens (including phenoxy) is 1. The SMILES string of the molecule is CC1C(O)=NC(NC(=O)COc2cc(C(F)(F)F)nn2-c2ccccc2Cl)=NC1O. The molecule has 1 aromatic carbocycles. The normalized spacial score (nSPS) is 19.1. The van der Waals surface area contributed by atoms with E-state index in [4.69, 9.17) is 16.3 Å². The van der Waals surface area contributed by atoms with Gasteiger partial charge in [0, 0.05) is 6.07 Å². The average molecular weight is 446 g/mol. The lowest BCUT2D eigenvalue weighted by Gasteiger charge is -2.19. The lowest BCUT2D eigenvalue weighted by molar-refractivity contribution is -0.141. The number of aromatic nitrogens is 2. The summed E-state index contributed by atoms with van der Waals surface area (Å²) in [4.78, 5) is 19.4. The van der Waals surface area contributed by atoms with Crippen molar-refractivity contribution >= 4 is 29.4 Å². The van der Waals surface area contributed by atoms with Gasteiger partial charge in [-0.1, -0.05) is 23.7 Å². The molecule has 1 aliphatic rings. The summed E-state index contributed by atoms with van der Waals surface area (Å²) in [6.07, 6.45) is -6.06. The summed E-state index contributed by atoms with van der Waals surface area (Å²) < 4.78 is 45.3. The smallest absolute Gasteiger partial charge is 0.435 e. The number of nitrogens with zero attached hydrogens (tertiary/aromatic N) is 4. The Morgan fingerprint density at radius 3 is 2.70 bits per heavy atom. The summed E-state index contributed by atoms with van der Waals surface area (Å²) in [5, 5.41) is 25.0. The molecule has 2 aromatic rings. The number of benzene rings is 1. The molecule has 30 heavy (non-hydrogen) atoms. The highest BCUT2D eigenvalue weighted by molar-refractivity contribution is 6.32. The van der Waals surface area contributed by atoms with E-state index in [1.165, 1.54) is 19.1 Å². The van der Waals surface area contributed by atoms with E-state index in [-0.39, 0.29) is 22.5 Å². The van der Waals surface area contributed by atoms with Crippen LogP contribution < -0.4 is 10.1 Å². The molecule has 0 saturated heterocycles. The van der Waals surface area contributed by atoms with Gasteiger partial charge in [-0.25, -0.2) is 4.99 Å². The number of nitrogens with one attached hydrogen (secondary N) is 1. The van der Waals surface area contributed by atoms with Gasteiger partial charge in [0.1, 0.15) is 0 Å². The van der Waals surface area contributed by atoms with Gasteiger partial charge in [0.05, 0.1) is 16.6 Å². The van der Waals surface area contributed by atoms with E-state index in [0.29, 0.717) is 6.07 Å². The van der Waals surface area contributed by atoms with Crippen LogP contribution in [0.4, 0.5) is 13.2 Å². The molecule has 0 aliphatic carbocycles. The Kier molecular flexibility index (Phi) is 5.99. The van der Waals surface area contributed by atoms with E-state index in [0.717, 1.165) is 4.68 Å². The summed E-state index contributed by atoms with van der Waals surface area (Å²) >= 11 is 6.03. The van der Waals surface area contributed by atoms with E-state index in [2.05, 4.69) is 20.4 Å². The van der Waals surface area contributed by atoms with E-state index in [1.807, 2.05) is 0 Å². The van der Waals surface area contributed by atoms with Crippen LogP contribution in [0.25, 0.3) is 5.69 Å². The lowest BCUT2D eigenvalue weighted by Crippen LogP contribution is -2.39. The van der Waals surface area contributed by atoms with Crippen molar-refractivity contribution in [2.75, 3.05) is 6.61 Å². The van der Waals surface area contributed by atoms with Gasteiger partial charge < -0.3 is 14.9 Å². The highest BCUT2D eigenvalue weighted by atomic mass is 35.5. The number of hydrogen-bond acceptors (Lipinski definition) is 6. The number of halogens is 4. The molecule has 0 fully saturated rings. The maximum absolute atomic E-state index is 13.1. The number of rotatable bonds is 4. The van der Waals surface area contributed by atoms with Crippen molar-refractivity contribution in [1.82, 2.24) is 15.1 Å². The molecule has 2 unspecified atom stereocenters. The monoisotopic (exact) mass is 445 g/mol. The van der Waals surface area contributed by atoms with Crippen molar-refractivity contribution < 1.29 is 32.9 Å². The summed E-state index contributed by atoms with van der Waals surface area (Å²) in [5.74, 6) is -2.75. The number of aliphatic hydroxyl groups is 2. The van der Waals surface area contributed by atoms with Crippen molar-refractivity contribution in [3.05, 3.63) is 41.0 Å². The zero-order chi connectivity index (χ0) is 22.1. The van der Waals surface area contributed by atoms with Gasteiger partial charge in [-0.3, -0.25) is 10.1 Å². The molecule has 0 spiro atoms. The van der Waals surface area contributed by atoms with Crippen LogP contribution in [-0.4, -0.2) is 50.6 Å². The third kappa shape index (κ3) is 4.71. The van der Waals surface area contributed by atoms with Crippen LogP contribution in [0.1, 0.15) is 12.6 Å². The molecular formula is C17H15ClF3N5O4. The Morgan fingerprint density at radius 1 is 1.37 bits per heavy atom. The highest BCUT2D eigenvalue weighted by Crippen LogP contribution is 2.33. The maximum Gasteiger partial charge on any atom is 0.435 e.